The molecule has 0 spiro atoms. The minimum absolute atomic E-state index is 0.339. The number of hydrogen-bond acceptors (Lipinski definition) is 4. The van der Waals surface area contributed by atoms with Crippen molar-refractivity contribution in [1.29, 1.82) is 0 Å². The number of nitrogens with zero attached hydrogens (tertiary/aromatic N) is 2. The molecule has 0 bridgehead atoms. The van der Waals surface area contributed by atoms with Crippen LogP contribution in [0.5, 0.6) is 0 Å². The van der Waals surface area contributed by atoms with Crippen LogP contribution < -0.4 is 0 Å². The lowest BCUT2D eigenvalue weighted by molar-refractivity contribution is -0.103. The number of aromatic amines is 1. The Bertz CT molecular complexity index is 815. The van der Waals surface area contributed by atoms with Gasteiger partial charge in [-0.3, -0.25) is 9.59 Å². The molecule has 112 valence electrons. The van der Waals surface area contributed by atoms with Gasteiger partial charge in [0.25, 0.3) is 0 Å². The van der Waals surface area contributed by atoms with Crippen molar-refractivity contribution in [3.8, 4) is 23.1 Å². The monoisotopic (exact) mass is 303 g/mol. The Morgan fingerprint density at radius 3 is 2.13 bits per heavy atom. The highest BCUT2D eigenvalue weighted by Gasteiger charge is 2.07. The molecule has 0 atom stereocenters. The number of nitrogens with one attached hydrogen (secondary N) is 1. The Balaban J connectivity index is 0.000000174. The lowest BCUT2D eigenvalue weighted by Crippen LogP contribution is -1.84. The van der Waals surface area contributed by atoms with E-state index in [1.54, 1.807) is 0 Å². The van der Waals surface area contributed by atoms with E-state index in [4.69, 9.17) is 0 Å². The smallest absolute Gasteiger partial charge is 0.193 e. The van der Waals surface area contributed by atoms with Crippen LogP contribution in [0.3, 0.4) is 0 Å². The first kappa shape index (κ1) is 15.9. The normalized spacial score (nSPS) is 8.87. The van der Waals surface area contributed by atoms with Gasteiger partial charge in [-0.15, -0.1) is 0 Å². The van der Waals surface area contributed by atoms with Crippen molar-refractivity contribution >= 4 is 12.6 Å². The number of benzene rings is 2. The molecular formula is C18H13N3O2. The maximum Gasteiger partial charge on any atom is 0.193 e. The van der Waals surface area contributed by atoms with Crippen LogP contribution in [0.2, 0.25) is 0 Å². The summed E-state index contributed by atoms with van der Waals surface area (Å²) in [4.78, 5) is 20.3. The van der Waals surface area contributed by atoms with Crippen molar-refractivity contribution in [2.24, 2.45) is 0 Å². The van der Waals surface area contributed by atoms with E-state index in [2.05, 4.69) is 27.3 Å². The number of H-pyrrole nitrogens is 1. The summed E-state index contributed by atoms with van der Waals surface area (Å²) >= 11 is 0. The summed E-state index contributed by atoms with van der Waals surface area (Å²) < 4.78 is 0. The molecule has 0 aliphatic rings. The maximum atomic E-state index is 10.5. The van der Waals surface area contributed by atoms with E-state index in [1.165, 1.54) is 0 Å². The zero-order valence-corrected chi connectivity index (χ0v) is 12.1. The first-order valence-electron chi connectivity index (χ1n) is 6.76. The summed E-state index contributed by atoms with van der Waals surface area (Å²) in [5, 5.41) is 10.0. The van der Waals surface area contributed by atoms with Gasteiger partial charge < -0.3 is 0 Å². The first-order valence-corrected chi connectivity index (χ1v) is 6.76. The van der Waals surface area contributed by atoms with Crippen molar-refractivity contribution in [2.75, 3.05) is 0 Å². The number of carbonyl (C=O) groups is 2. The van der Waals surface area contributed by atoms with Gasteiger partial charge in [-0.2, -0.15) is 15.4 Å². The number of aromatic nitrogens is 3. The number of carbonyl (C=O) groups excluding carboxylic acids is 2. The topological polar surface area (TPSA) is 75.7 Å². The molecule has 3 aromatic rings. The van der Waals surface area contributed by atoms with Gasteiger partial charge in [0.05, 0.1) is 0 Å². The van der Waals surface area contributed by atoms with Crippen LogP contribution in [0.4, 0.5) is 0 Å². The molecular weight excluding hydrogens is 290 g/mol. The van der Waals surface area contributed by atoms with E-state index in [9.17, 15) is 9.59 Å². The Kier molecular flexibility index (Phi) is 6.00. The standard InChI is InChI=1S/C9H7N3O.C9H6O/c13-6-8-9(11-12-10-8)7-4-2-1-3-5-7;10-8-4-7-9-5-2-1-3-6-9/h1-6H,(H,10,11,12);1-3,5-6,8H. The average molecular weight is 303 g/mol. The minimum Gasteiger partial charge on any atom is -0.296 e. The first-order chi connectivity index (χ1) is 11.3. The van der Waals surface area contributed by atoms with E-state index in [0.29, 0.717) is 24.0 Å². The Hall–Kier alpha value is -3.52. The molecule has 0 aliphatic carbocycles. The van der Waals surface area contributed by atoms with E-state index in [1.807, 2.05) is 60.7 Å². The lowest BCUT2D eigenvalue weighted by Gasteiger charge is -1.93. The highest BCUT2D eigenvalue weighted by atomic mass is 16.1. The zero-order valence-electron chi connectivity index (χ0n) is 12.1. The largest absolute Gasteiger partial charge is 0.296 e. The molecule has 0 saturated carbocycles. The summed E-state index contributed by atoms with van der Waals surface area (Å²) in [6.07, 6.45) is 1.28. The van der Waals surface area contributed by atoms with Crippen LogP contribution in [0.1, 0.15) is 16.1 Å². The molecule has 5 nitrogen and oxygen atoms in total. The van der Waals surface area contributed by atoms with Crippen molar-refractivity contribution in [1.82, 2.24) is 15.4 Å². The van der Waals surface area contributed by atoms with Gasteiger partial charge in [-0.05, 0) is 18.1 Å². The van der Waals surface area contributed by atoms with E-state index < -0.39 is 0 Å². The molecule has 3 rings (SSSR count). The fourth-order valence-corrected chi connectivity index (χ4v) is 1.76. The molecule has 1 aromatic heterocycles. The molecule has 0 aliphatic heterocycles. The number of aldehydes is 2. The quantitative estimate of drug-likeness (QED) is 0.583. The second-order valence-corrected chi connectivity index (χ2v) is 4.29. The van der Waals surface area contributed by atoms with E-state index in [-0.39, 0.29) is 0 Å². The molecule has 0 fully saturated rings. The van der Waals surface area contributed by atoms with Gasteiger partial charge in [0.2, 0.25) is 0 Å². The number of rotatable bonds is 2. The Labute approximate surface area is 133 Å². The summed E-state index contributed by atoms with van der Waals surface area (Å²) in [6.45, 7) is 0. The number of hydrogen-bond donors (Lipinski definition) is 1. The van der Waals surface area contributed by atoms with Crippen LogP contribution in [0.25, 0.3) is 11.3 Å². The van der Waals surface area contributed by atoms with Crippen molar-refractivity contribution < 1.29 is 9.59 Å². The molecule has 2 aromatic carbocycles. The predicted molar refractivity (Wildman–Crippen MR) is 86.6 cm³/mol. The third kappa shape index (κ3) is 4.76. The molecule has 0 radical (unpaired) electrons. The van der Waals surface area contributed by atoms with E-state index >= 15 is 0 Å². The molecule has 0 unspecified atom stereocenters. The van der Waals surface area contributed by atoms with Gasteiger partial charge >= 0.3 is 0 Å². The predicted octanol–water partition coefficient (Wildman–Crippen LogP) is 2.52. The minimum atomic E-state index is 0.339. The van der Waals surface area contributed by atoms with Crippen molar-refractivity contribution in [3.05, 3.63) is 71.9 Å². The van der Waals surface area contributed by atoms with Crippen LogP contribution in [0.15, 0.2) is 60.7 Å². The second-order valence-electron chi connectivity index (χ2n) is 4.29. The molecule has 0 saturated heterocycles. The Morgan fingerprint density at radius 2 is 1.52 bits per heavy atom. The average Bonchev–Trinajstić information content (AvgIpc) is 3.11. The van der Waals surface area contributed by atoms with Gasteiger partial charge in [0.15, 0.2) is 18.3 Å². The molecule has 1 heterocycles. The highest BCUT2D eigenvalue weighted by Crippen LogP contribution is 2.16. The van der Waals surface area contributed by atoms with Crippen LogP contribution >= 0.6 is 0 Å². The summed E-state index contributed by atoms with van der Waals surface area (Å²) in [5.74, 6) is 5.01. The SMILES string of the molecule is O=CC#Cc1ccccc1.O=Cc1n[nH]nc1-c1ccccc1. The highest BCUT2D eigenvalue weighted by molar-refractivity contribution is 5.82. The van der Waals surface area contributed by atoms with Gasteiger partial charge in [-0.1, -0.05) is 54.5 Å². The third-order valence-electron chi connectivity index (χ3n) is 2.78. The van der Waals surface area contributed by atoms with Crippen LogP contribution in [-0.4, -0.2) is 28.0 Å². The summed E-state index contributed by atoms with van der Waals surface area (Å²) in [5.41, 5.74) is 2.69. The van der Waals surface area contributed by atoms with Crippen LogP contribution in [0, 0.1) is 11.8 Å². The maximum absolute atomic E-state index is 10.5. The fourth-order valence-electron chi connectivity index (χ4n) is 1.76. The van der Waals surface area contributed by atoms with Gasteiger partial charge in [0, 0.05) is 11.1 Å². The molecule has 5 heteroatoms. The molecule has 0 amide bonds. The van der Waals surface area contributed by atoms with Crippen LogP contribution in [-0.2, 0) is 4.79 Å². The van der Waals surface area contributed by atoms with Crippen molar-refractivity contribution in [3.63, 3.8) is 0 Å². The third-order valence-corrected chi connectivity index (χ3v) is 2.78. The van der Waals surface area contributed by atoms with Crippen molar-refractivity contribution in [2.45, 2.75) is 0 Å². The van der Waals surface area contributed by atoms with Gasteiger partial charge in [0.1, 0.15) is 5.69 Å². The fraction of sp³-hybridized carbons (Fsp3) is 0. The summed E-state index contributed by atoms with van der Waals surface area (Å²) in [7, 11) is 0. The van der Waals surface area contributed by atoms with E-state index in [0.717, 1.165) is 11.1 Å². The summed E-state index contributed by atoms with van der Waals surface area (Å²) in [6, 6.07) is 18.8. The zero-order chi connectivity index (χ0) is 16.3. The lowest BCUT2D eigenvalue weighted by atomic mass is 10.1. The van der Waals surface area contributed by atoms with Gasteiger partial charge in [-0.25, -0.2) is 0 Å². The molecule has 1 N–H and O–H groups in total. The molecule has 23 heavy (non-hydrogen) atoms. The Morgan fingerprint density at radius 1 is 0.870 bits per heavy atom. The second kappa shape index (κ2) is 8.70.